The van der Waals surface area contributed by atoms with E-state index in [0.717, 1.165) is 19.6 Å². The first-order valence-corrected chi connectivity index (χ1v) is 11.9. The van der Waals surface area contributed by atoms with Gasteiger partial charge >= 0.3 is 0 Å². The van der Waals surface area contributed by atoms with E-state index in [0.29, 0.717) is 36.7 Å². The van der Waals surface area contributed by atoms with Crippen molar-refractivity contribution in [1.29, 1.82) is 0 Å². The molecule has 2 saturated heterocycles. The van der Waals surface area contributed by atoms with Crippen LogP contribution in [0.5, 0.6) is 11.5 Å². The summed E-state index contributed by atoms with van der Waals surface area (Å²) < 4.78 is 15.9. The minimum absolute atomic E-state index is 0.0857. The van der Waals surface area contributed by atoms with Crippen LogP contribution in [0.3, 0.4) is 0 Å². The number of morpholine rings is 1. The van der Waals surface area contributed by atoms with E-state index >= 15 is 0 Å². The highest BCUT2D eigenvalue weighted by Crippen LogP contribution is 2.41. The zero-order chi connectivity index (χ0) is 26.5. The van der Waals surface area contributed by atoms with Crippen LogP contribution in [0.1, 0.15) is 23.6 Å². The Hall–Kier alpha value is -3.96. The summed E-state index contributed by atoms with van der Waals surface area (Å²) >= 11 is 0. The molecule has 0 spiro atoms. The topological polar surface area (TPSA) is 132 Å². The molecule has 0 saturated carbocycles. The van der Waals surface area contributed by atoms with Gasteiger partial charge in [-0.1, -0.05) is 0 Å². The Morgan fingerprint density at radius 3 is 2.35 bits per heavy atom. The number of hydrogen-bond donors (Lipinski definition) is 1. The molecule has 1 amide bonds. The third kappa shape index (κ3) is 5.42. The molecular weight excluding hydrogens is 482 g/mol. The Morgan fingerprint density at radius 2 is 1.73 bits per heavy atom. The molecule has 2 heterocycles. The molecule has 11 nitrogen and oxygen atoms in total. The molecule has 11 heteroatoms. The molecule has 2 aliphatic rings. The number of amides is 1. The van der Waals surface area contributed by atoms with E-state index in [1.165, 1.54) is 49.5 Å². The van der Waals surface area contributed by atoms with Crippen LogP contribution < -0.4 is 9.47 Å². The van der Waals surface area contributed by atoms with E-state index in [-0.39, 0.29) is 29.1 Å². The number of aliphatic hydroxyl groups is 1. The minimum atomic E-state index is -0.904. The van der Waals surface area contributed by atoms with Crippen molar-refractivity contribution < 1.29 is 33.8 Å². The average Bonchev–Trinajstić information content (AvgIpc) is 3.18. The molecule has 37 heavy (non-hydrogen) atoms. The number of methoxy groups -OCH3 is 2. The van der Waals surface area contributed by atoms with Crippen molar-refractivity contribution in [1.82, 2.24) is 9.80 Å². The number of nitrogens with zero attached hydrogens (tertiary/aromatic N) is 3. The Morgan fingerprint density at radius 1 is 1.05 bits per heavy atom. The lowest BCUT2D eigenvalue weighted by atomic mass is 9.95. The molecule has 0 aliphatic carbocycles. The molecular formula is C26H29N3O8. The summed E-state index contributed by atoms with van der Waals surface area (Å²) in [5.74, 6) is -1.12. The number of hydrogen-bond acceptors (Lipinski definition) is 9. The number of Topliss-reactive ketones (excluding diaryl/α,β-unsaturated/α-hetero) is 1. The number of nitro benzene ring substituents is 1. The molecule has 2 aromatic carbocycles. The lowest BCUT2D eigenvalue weighted by Crippen LogP contribution is -2.38. The quantitative estimate of drug-likeness (QED) is 0.177. The monoisotopic (exact) mass is 511 g/mol. The number of rotatable bonds is 9. The highest BCUT2D eigenvalue weighted by molar-refractivity contribution is 6.46. The van der Waals surface area contributed by atoms with E-state index in [4.69, 9.17) is 14.2 Å². The van der Waals surface area contributed by atoms with E-state index in [1.807, 2.05) is 0 Å². The molecule has 0 unspecified atom stereocenters. The number of benzene rings is 2. The zero-order valence-electron chi connectivity index (χ0n) is 20.7. The number of nitro groups is 1. The number of ketones is 1. The van der Waals surface area contributed by atoms with Gasteiger partial charge in [0, 0.05) is 43.9 Å². The summed E-state index contributed by atoms with van der Waals surface area (Å²) in [7, 11) is 2.93. The maximum atomic E-state index is 13.2. The van der Waals surface area contributed by atoms with Crippen molar-refractivity contribution in [2.45, 2.75) is 12.5 Å². The van der Waals surface area contributed by atoms with Gasteiger partial charge in [0.2, 0.25) is 0 Å². The molecule has 2 aliphatic heterocycles. The fourth-order valence-electron chi connectivity index (χ4n) is 4.66. The van der Waals surface area contributed by atoms with Crippen LogP contribution in [0.4, 0.5) is 5.69 Å². The van der Waals surface area contributed by atoms with Crippen LogP contribution in [0.2, 0.25) is 0 Å². The van der Waals surface area contributed by atoms with Gasteiger partial charge in [0.25, 0.3) is 17.4 Å². The first kappa shape index (κ1) is 26.1. The summed E-state index contributed by atoms with van der Waals surface area (Å²) in [6.07, 6.45) is 0.604. The summed E-state index contributed by atoms with van der Waals surface area (Å²) in [5.41, 5.74) is 0.555. The van der Waals surface area contributed by atoms with Crippen LogP contribution >= 0.6 is 0 Å². The average molecular weight is 512 g/mol. The third-order valence-electron chi connectivity index (χ3n) is 6.59. The van der Waals surface area contributed by atoms with Gasteiger partial charge in [-0.3, -0.25) is 24.6 Å². The van der Waals surface area contributed by atoms with Gasteiger partial charge in [0.05, 0.1) is 44.0 Å². The normalized spacial score (nSPS) is 19.7. The Bertz CT molecular complexity index is 1200. The first-order valence-electron chi connectivity index (χ1n) is 11.9. The molecule has 2 fully saturated rings. The van der Waals surface area contributed by atoms with Crippen molar-refractivity contribution in [3.63, 3.8) is 0 Å². The summed E-state index contributed by atoms with van der Waals surface area (Å²) in [4.78, 5) is 40.7. The predicted molar refractivity (Wildman–Crippen MR) is 134 cm³/mol. The second kappa shape index (κ2) is 11.4. The minimum Gasteiger partial charge on any atom is -0.507 e. The lowest BCUT2D eigenvalue weighted by molar-refractivity contribution is -0.384. The van der Waals surface area contributed by atoms with Crippen LogP contribution in [0.15, 0.2) is 48.0 Å². The molecule has 4 rings (SSSR count). The second-order valence-corrected chi connectivity index (χ2v) is 8.72. The van der Waals surface area contributed by atoms with Gasteiger partial charge in [0.15, 0.2) is 11.5 Å². The van der Waals surface area contributed by atoms with Crippen molar-refractivity contribution in [3.8, 4) is 11.5 Å². The highest BCUT2D eigenvalue weighted by Gasteiger charge is 2.46. The number of carbonyl (C=O) groups is 2. The van der Waals surface area contributed by atoms with E-state index < -0.39 is 22.7 Å². The Kier molecular flexibility index (Phi) is 8.04. The fourth-order valence-corrected chi connectivity index (χ4v) is 4.66. The van der Waals surface area contributed by atoms with Crippen LogP contribution in [0, 0.1) is 10.1 Å². The summed E-state index contributed by atoms with van der Waals surface area (Å²) in [6.45, 7) is 3.88. The van der Waals surface area contributed by atoms with Crippen LogP contribution in [-0.4, -0.2) is 85.1 Å². The molecule has 2 aromatic rings. The van der Waals surface area contributed by atoms with Gasteiger partial charge in [-0.15, -0.1) is 0 Å². The van der Waals surface area contributed by atoms with Crippen molar-refractivity contribution in [2.75, 3.05) is 53.6 Å². The van der Waals surface area contributed by atoms with E-state index in [1.54, 1.807) is 12.1 Å². The number of non-ortho nitro benzene ring substituents is 1. The number of carbonyl (C=O) groups excluding carboxylic acids is 2. The highest BCUT2D eigenvalue weighted by atomic mass is 16.6. The fraction of sp³-hybridized carbons (Fsp3) is 0.385. The van der Waals surface area contributed by atoms with Gasteiger partial charge in [0.1, 0.15) is 5.76 Å². The maximum Gasteiger partial charge on any atom is 0.295 e. The third-order valence-corrected chi connectivity index (χ3v) is 6.59. The summed E-state index contributed by atoms with van der Waals surface area (Å²) in [5, 5.41) is 22.4. The largest absolute Gasteiger partial charge is 0.507 e. The number of ether oxygens (including phenoxy) is 3. The van der Waals surface area contributed by atoms with E-state index in [2.05, 4.69) is 4.90 Å². The van der Waals surface area contributed by atoms with Gasteiger partial charge in [-0.05, 0) is 42.3 Å². The van der Waals surface area contributed by atoms with E-state index in [9.17, 15) is 24.8 Å². The van der Waals surface area contributed by atoms with Crippen molar-refractivity contribution >= 4 is 23.1 Å². The Balaban J connectivity index is 1.72. The lowest BCUT2D eigenvalue weighted by Gasteiger charge is -2.29. The summed E-state index contributed by atoms with van der Waals surface area (Å²) in [6, 6.07) is 9.42. The molecule has 196 valence electrons. The Labute approximate surface area is 214 Å². The first-order chi connectivity index (χ1) is 17.8. The molecule has 0 bridgehead atoms. The predicted octanol–water partition coefficient (Wildman–Crippen LogP) is 2.76. The van der Waals surface area contributed by atoms with Crippen LogP contribution in [-0.2, 0) is 14.3 Å². The second-order valence-electron chi connectivity index (χ2n) is 8.72. The molecule has 0 aromatic heterocycles. The number of likely N-dealkylation sites (tertiary alicyclic amines) is 1. The molecule has 1 N–H and O–H groups in total. The maximum absolute atomic E-state index is 13.2. The molecule has 1 atom stereocenters. The smallest absolute Gasteiger partial charge is 0.295 e. The molecule has 0 radical (unpaired) electrons. The SMILES string of the molecule is COc1ccc(C(O)=C2C(=O)C(=O)N(CCCN3CCOCC3)[C@H]2c2ccc([N+](=O)[O-])cc2)cc1OC. The van der Waals surface area contributed by atoms with Gasteiger partial charge in [-0.25, -0.2) is 0 Å². The van der Waals surface area contributed by atoms with Crippen molar-refractivity contribution in [3.05, 3.63) is 69.3 Å². The zero-order valence-corrected chi connectivity index (χ0v) is 20.7. The number of aliphatic hydroxyl groups excluding tert-OH is 1. The van der Waals surface area contributed by atoms with Crippen molar-refractivity contribution in [2.24, 2.45) is 0 Å². The van der Waals surface area contributed by atoms with Gasteiger partial charge in [-0.2, -0.15) is 0 Å². The van der Waals surface area contributed by atoms with Gasteiger partial charge < -0.3 is 24.2 Å². The standard InChI is InChI=1S/C26H29N3O8/c1-35-20-9-6-18(16-21(20)36-2)24(30)22-23(17-4-7-19(8-5-17)29(33)34)28(26(32)25(22)31)11-3-10-27-12-14-37-15-13-27/h4-9,16,23,30H,3,10-15H2,1-2H3/t23-/m0/s1. The van der Waals surface area contributed by atoms with Crippen LogP contribution in [0.25, 0.3) is 5.76 Å².